The zero-order chi connectivity index (χ0) is 11.1. The van der Waals surface area contributed by atoms with Gasteiger partial charge in [0.15, 0.2) is 0 Å². The van der Waals surface area contributed by atoms with E-state index in [0.717, 1.165) is 12.8 Å². The normalized spacial score (nSPS) is 20.1. The van der Waals surface area contributed by atoms with E-state index in [4.69, 9.17) is 0 Å². The molecule has 0 spiro atoms. The Morgan fingerprint density at radius 3 is 2.40 bits per heavy atom. The molecule has 0 saturated heterocycles. The number of unbranched alkanes of at least 4 members (excludes halogenated alkanes) is 1. The van der Waals surface area contributed by atoms with Gasteiger partial charge >= 0.3 is 0 Å². The fourth-order valence-corrected chi connectivity index (χ4v) is 2.72. The molecule has 0 aromatic carbocycles. The number of ketones is 1. The molecule has 88 valence electrons. The molecule has 0 N–H and O–H groups in total. The molecule has 1 unspecified atom stereocenters. The van der Waals surface area contributed by atoms with E-state index in [1.165, 1.54) is 44.9 Å². The Bertz CT molecular complexity index is 180. The van der Waals surface area contributed by atoms with Gasteiger partial charge in [-0.15, -0.1) is 0 Å². The van der Waals surface area contributed by atoms with Crippen LogP contribution in [0.15, 0.2) is 0 Å². The van der Waals surface area contributed by atoms with Gasteiger partial charge in [0.1, 0.15) is 5.78 Å². The highest BCUT2D eigenvalue weighted by molar-refractivity contribution is 5.83. The van der Waals surface area contributed by atoms with Crippen LogP contribution >= 0.6 is 0 Å². The van der Waals surface area contributed by atoms with Crippen LogP contribution < -0.4 is 0 Å². The summed E-state index contributed by atoms with van der Waals surface area (Å²) in [5, 5.41) is 0. The lowest BCUT2D eigenvalue weighted by Crippen LogP contribution is -2.25. The molecule has 1 fully saturated rings. The first kappa shape index (κ1) is 12.7. The molecule has 0 radical (unpaired) electrons. The van der Waals surface area contributed by atoms with Crippen molar-refractivity contribution in [3.8, 4) is 0 Å². The molecule has 1 nitrogen and oxygen atoms in total. The standard InChI is InChI=1S/C14H26O/c1-3-5-9-12(4-2)14(15)13-10-7-6-8-11-13/h12-13H,3-11H2,1-2H3. The minimum Gasteiger partial charge on any atom is -0.299 e. The van der Waals surface area contributed by atoms with Crippen molar-refractivity contribution in [2.24, 2.45) is 11.8 Å². The predicted octanol–water partition coefficient (Wildman–Crippen LogP) is 4.35. The van der Waals surface area contributed by atoms with Crippen LogP contribution in [0.1, 0.15) is 71.6 Å². The summed E-state index contributed by atoms with van der Waals surface area (Å²) in [5.41, 5.74) is 0. The van der Waals surface area contributed by atoms with Gasteiger partial charge in [0.2, 0.25) is 0 Å². The van der Waals surface area contributed by atoms with Crippen LogP contribution in [0.25, 0.3) is 0 Å². The van der Waals surface area contributed by atoms with Crippen molar-refractivity contribution in [1.29, 1.82) is 0 Å². The lowest BCUT2D eigenvalue weighted by atomic mass is 9.79. The first-order valence-electron chi connectivity index (χ1n) is 6.83. The molecule has 15 heavy (non-hydrogen) atoms. The van der Waals surface area contributed by atoms with Crippen molar-refractivity contribution in [3.63, 3.8) is 0 Å². The highest BCUT2D eigenvalue weighted by Gasteiger charge is 2.26. The zero-order valence-electron chi connectivity index (χ0n) is 10.4. The van der Waals surface area contributed by atoms with E-state index in [1.54, 1.807) is 0 Å². The summed E-state index contributed by atoms with van der Waals surface area (Å²) >= 11 is 0. The van der Waals surface area contributed by atoms with Gasteiger partial charge in [-0.05, 0) is 25.7 Å². The average molecular weight is 210 g/mol. The maximum Gasteiger partial charge on any atom is 0.139 e. The summed E-state index contributed by atoms with van der Waals surface area (Å²) in [6, 6.07) is 0. The number of Topliss-reactive ketones (excluding diaryl/α,β-unsaturated/α-hetero) is 1. The van der Waals surface area contributed by atoms with E-state index in [0.29, 0.717) is 17.6 Å². The summed E-state index contributed by atoms with van der Waals surface area (Å²) in [6.45, 7) is 4.37. The molecule has 1 aliphatic carbocycles. The molecule has 0 bridgehead atoms. The third-order valence-corrected chi connectivity index (χ3v) is 3.81. The van der Waals surface area contributed by atoms with Crippen molar-refractivity contribution in [2.75, 3.05) is 0 Å². The van der Waals surface area contributed by atoms with E-state index in [9.17, 15) is 4.79 Å². The van der Waals surface area contributed by atoms with Gasteiger partial charge in [-0.1, -0.05) is 46.0 Å². The quantitative estimate of drug-likeness (QED) is 0.637. The Hall–Kier alpha value is -0.330. The van der Waals surface area contributed by atoms with Gasteiger partial charge in [-0.25, -0.2) is 0 Å². The first-order valence-corrected chi connectivity index (χ1v) is 6.83. The fraction of sp³-hybridized carbons (Fsp3) is 0.929. The van der Waals surface area contributed by atoms with Crippen LogP contribution in [-0.4, -0.2) is 5.78 Å². The van der Waals surface area contributed by atoms with Crippen LogP contribution in [0.3, 0.4) is 0 Å². The lowest BCUT2D eigenvalue weighted by molar-refractivity contribution is -0.128. The molecular formula is C14H26O. The van der Waals surface area contributed by atoms with E-state index in [1.807, 2.05) is 0 Å². The Labute approximate surface area is 94.6 Å². The van der Waals surface area contributed by atoms with Gasteiger partial charge in [0, 0.05) is 11.8 Å². The van der Waals surface area contributed by atoms with Gasteiger partial charge in [-0.3, -0.25) is 4.79 Å². The summed E-state index contributed by atoms with van der Waals surface area (Å²) < 4.78 is 0. The number of carbonyl (C=O) groups is 1. The Kier molecular flexibility index (Phi) is 5.97. The summed E-state index contributed by atoms with van der Waals surface area (Å²) in [4.78, 5) is 12.2. The van der Waals surface area contributed by atoms with E-state index in [-0.39, 0.29) is 0 Å². The van der Waals surface area contributed by atoms with Crippen LogP contribution in [0.4, 0.5) is 0 Å². The van der Waals surface area contributed by atoms with Crippen LogP contribution in [0.5, 0.6) is 0 Å². The van der Waals surface area contributed by atoms with Crippen molar-refractivity contribution >= 4 is 5.78 Å². The summed E-state index contributed by atoms with van der Waals surface area (Å²) in [6.07, 6.45) is 10.8. The zero-order valence-corrected chi connectivity index (χ0v) is 10.4. The third kappa shape index (κ3) is 3.96. The molecule has 1 saturated carbocycles. The SMILES string of the molecule is CCCCC(CC)C(=O)C1CCCCC1. The van der Waals surface area contributed by atoms with Gasteiger partial charge in [0.25, 0.3) is 0 Å². The second kappa shape index (κ2) is 7.03. The topological polar surface area (TPSA) is 17.1 Å². The number of hydrogen-bond donors (Lipinski definition) is 0. The van der Waals surface area contributed by atoms with Crippen molar-refractivity contribution in [1.82, 2.24) is 0 Å². The number of hydrogen-bond acceptors (Lipinski definition) is 1. The molecular weight excluding hydrogens is 184 g/mol. The van der Waals surface area contributed by atoms with E-state index in [2.05, 4.69) is 13.8 Å². The van der Waals surface area contributed by atoms with Crippen LogP contribution in [-0.2, 0) is 4.79 Å². The molecule has 0 amide bonds. The molecule has 0 aromatic rings. The number of rotatable bonds is 6. The van der Waals surface area contributed by atoms with Gasteiger partial charge in [-0.2, -0.15) is 0 Å². The fourth-order valence-electron chi connectivity index (χ4n) is 2.72. The summed E-state index contributed by atoms with van der Waals surface area (Å²) in [5.74, 6) is 1.37. The smallest absolute Gasteiger partial charge is 0.139 e. The maximum atomic E-state index is 12.2. The first-order chi connectivity index (χ1) is 7.29. The van der Waals surface area contributed by atoms with Crippen molar-refractivity contribution in [2.45, 2.75) is 71.6 Å². The minimum atomic E-state index is 0.369. The third-order valence-electron chi connectivity index (χ3n) is 3.81. The van der Waals surface area contributed by atoms with Gasteiger partial charge in [0.05, 0.1) is 0 Å². The highest BCUT2D eigenvalue weighted by Crippen LogP contribution is 2.29. The second-order valence-electron chi connectivity index (χ2n) is 4.98. The number of carbonyl (C=O) groups excluding carboxylic acids is 1. The van der Waals surface area contributed by atoms with E-state index < -0.39 is 0 Å². The average Bonchev–Trinajstić information content (AvgIpc) is 2.31. The predicted molar refractivity (Wildman–Crippen MR) is 64.9 cm³/mol. The largest absolute Gasteiger partial charge is 0.299 e. The lowest BCUT2D eigenvalue weighted by Gasteiger charge is -2.24. The van der Waals surface area contributed by atoms with E-state index >= 15 is 0 Å². The van der Waals surface area contributed by atoms with Crippen molar-refractivity contribution < 1.29 is 4.79 Å². The highest BCUT2D eigenvalue weighted by atomic mass is 16.1. The molecule has 0 aliphatic heterocycles. The molecule has 1 rings (SSSR count). The summed E-state index contributed by atoms with van der Waals surface area (Å²) in [7, 11) is 0. The molecule has 1 aliphatic rings. The molecule has 0 aromatic heterocycles. The Morgan fingerprint density at radius 1 is 1.20 bits per heavy atom. The Morgan fingerprint density at radius 2 is 1.87 bits per heavy atom. The van der Waals surface area contributed by atoms with Crippen molar-refractivity contribution in [3.05, 3.63) is 0 Å². The molecule has 1 atom stereocenters. The minimum absolute atomic E-state index is 0.369. The Balaban J connectivity index is 2.40. The van der Waals surface area contributed by atoms with Crippen LogP contribution in [0, 0.1) is 11.8 Å². The molecule has 1 heteroatoms. The molecule has 0 heterocycles. The monoisotopic (exact) mass is 210 g/mol. The van der Waals surface area contributed by atoms with Gasteiger partial charge < -0.3 is 0 Å². The maximum absolute atomic E-state index is 12.2. The van der Waals surface area contributed by atoms with Crippen LogP contribution in [0.2, 0.25) is 0 Å². The second-order valence-corrected chi connectivity index (χ2v) is 4.98.